The van der Waals surface area contributed by atoms with Gasteiger partial charge >= 0.3 is 5.95 Å². The molecule has 0 spiro atoms. The van der Waals surface area contributed by atoms with Crippen LogP contribution in [0, 0.1) is 0 Å². The van der Waals surface area contributed by atoms with Crippen LogP contribution in [0.15, 0.2) is 11.7 Å². The molecule has 0 aromatic heterocycles. The highest BCUT2D eigenvalue weighted by Gasteiger charge is 2.13. The Kier molecular flexibility index (Phi) is 24.6. The first-order valence-electron chi connectivity index (χ1n) is 13.4. The number of rotatable bonds is 25. The van der Waals surface area contributed by atoms with Crippen molar-refractivity contribution < 1.29 is 18.9 Å². The van der Waals surface area contributed by atoms with Gasteiger partial charge in [0.15, 0.2) is 12.6 Å². The fraction of sp³-hybridized carbons (Fsp3) is 0.926. The SMILES string of the molecule is CCCCCCCCOC(CCCCCCC)=C(OCCCCCCCC)OCOC. The van der Waals surface area contributed by atoms with E-state index in [1.54, 1.807) is 7.11 Å². The third-order valence-corrected chi connectivity index (χ3v) is 5.55. The van der Waals surface area contributed by atoms with E-state index in [1.165, 1.54) is 89.9 Å². The average molecular weight is 443 g/mol. The van der Waals surface area contributed by atoms with E-state index >= 15 is 0 Å². The molecule has 186 valence electrons. The molecule has 0 aliphatic carbocycles. The van der Waals surface area contributed by atoms with Gasteiger partial charge in [0.05, 0.1) is 13.2 Å². The smallest absolute Gasteiger partial charge is 0.321 e. The molecule has 0 aliphatic heterocycles. The predicted octanol–water partition coefficient (Wildman–Crippen LogP) is 8.89. The van der Waals surface area contributed by atoms with Gasteiger partial charge in [0.2, 0.25) is 0 Å². The first-order chi connectivity index (χ1) is 15.3. The third kappa shape index (κ3) is 20.7. The number of ether oxygens (including phenoxy) is 4. The average Bonchev–Trinajstić information content (AvgIpc) is 2.78. The largest absolute Gasteiger partial charge is 0.491 e. The summed E-state index contributed by atoms with van der Waals surface area (Å²) in [6, 6.07) is 0. The molecule has 0 heterocycles. The van der Waals surface area contributed by atoms with Gasteiger partial charge in [-0.1, -0.05) is 111 Å². The van der Waals surface area contributed by atoms with Crippen molar-refractivity contribution >= 4 is 0 Å². The second-order valence-corrected chi connectivity index (χ2v) is 8.66. The quantitative estimate of drug-likeness (QED) is 0.0803. The number of unbranched alkanes of at least 4 members (excludes halogenated alkanes) is 14. The van der Waals surface area contributed by atoms with E-state index < -0.39 is 0 Å². The maximum Gasteiger partial charge on any atom is 0.321 e. The molecule has 0 atom stereocenters. The van der Waals surface area contributed by atoms with Crippen LogP contribution in [0.2, 0.25) is 0 Å². The maximum atomic E-state index is 6.20. The second-order valence-electron chi connectivity index (χ2n) is 8.66. The lowest BCUT2D eigenvalue weighted by molar-refractivity contribution is -0.0692. The Morgan fingerprint density at radius 3 is 1.45 bits per heavy atom. The second kappa shape index (κ2) is 25.4. The lowest BCUT2D eigenvalue weighted by atomic mass is 10.1. The fourth-order valence-electron chi connectivity index (χ4n) is 3.56. The zero-order valence-corrected chi connectivity index (χ0v) is 21.5. The number of hydrogen-bond donors (Lipinski definition) is 0. The minimum atomic E-state index is 0.200. The van der Waals surface area contributed by atoms with Crippen molar-refractivity contribution in [3.05, 3.63) is 11.7 Å². The first-order valence-corrected chi connectivity index (χ1v) is 13.4. The summed E-state index contributed by atoms with van der Waals surface area (Å²) in [6.07, 6.45) is 22.2. The topological polar surface area (TPSA) is 36.9 Å². The molecular formula is C27H54O4. The molecule has 0 unspecified atom stereocenters. The van der Waals surface area contributed by atoms with E-state index in [4.69, 9.17) is 18.9 Å². The van der Waals surface area contributed by atoms with Crippen LogP contribution in [0.5, 0.6) is 0 Å². The molecule has 0 amide bonds. The molecule has 0 radical (unpaired) electrons. The molecule has 0 fully saturated rings. The summed E-state index contributed by atoms with van der Waals surface area (Å²) in [7, 11) is 1.65. The van der Waals surface area contributed by atoms with Gasteiger partial charge < -0.3 is 18.9 Å². The van der Waals surface area contributed by atoms with Gasteiger partial charge in [0.25, 0.3) is 0 Å². The highest BCUT2D eigenvalue weighted by atomic mass is 16.7. The van der Waals surface area contributed by atoms with Crippen LogP contribution < -0.4 is 0 Å². The summed E-state index contributed by atoms with van der Waals surface area (Å²) in [5.41, 5.74) is 0. The van der Waals surface area contributed by atoms with Crippen LogP contribution in [-0.4, -0.2) is 27.1 Å². The van der Waals surface area contributed by atoms with Gasteiger partial charge in [-0.15, -0.1) is 0 Å². The Hall–Kier alpha value is -0.900. The molecule has 0 bridgehead atoms. The molecule has 31 heavy (non-hydrogen) atoms. The lowest BCUT2D eigenvalue weighted by Gasteiger charge is -2.17. The predicted molar refractivity (Wildman–Crippen MR) is 132 cm³/mol. The molecule has 4 heteroatoms. The maximum absolute atomic E-state index is 6.20. The van der Waals surface area contributed by atoms with Gasteiger partial charge in [0.1, 0.15) is 0 Å². The Morgan fingerprint density at radius 1 is 0.484 bits per heavy atom. The monoisotopic (exact) mass is 442 g/mol. The summed E-state index contributed by atoms with van der Waals surface area (Å²) >= 11 is 0. The van der Waals surface area contributed by atoms with E-state index in [0.29, 0.717) is 12.6 Å². The summed E-state index contributed by atoms with van der Waals surface area (Å²) in [6.45, 7) is 8.39. The third-order valence-electron chi connectivity index (χ3n) is 5.55. The summed E-state index contributed by atoms with van der Waals surface area (Å²) in [5.74, 6) is 1.44. The molecule has 0 aliphatic rings. The summed E-state index contributed by atoms with van der Waals surface area (Å²) in [5, 5.41) is 0. The van der Waals surface area contributed by atoms with Crippen LogP contribution in [-0.2, 0) is 18.9 Å². The summed E-state index contributed by atoms with van der Waals surface area (Å²) in [4.78, 5) is 0. The van der Waals surface area contributed by atoms with Crippen molar-refractivity contribution in [2.24, 2.45) is 0 Å². The van der Waals surface area contributed by atoms with Crippen molar-refractivity contribution in [1.29, 1.82) is 0 Å². The van der Waals surface area contributed by atoms with Gasteiger partial charge in [-0.05, 0) is 19.3 Å². The molecule has 0 aromatic carbocycles. The van der Waals surface area contributed by atoms with E-state index in [-0.39, 0.29) is 6.79 Å². The minimum Gasteiger partial charge on any atom is -0.491 e. The molecule has 0 saturated heterocycles. The van der Waals surface area contributed by atoms with Crippen LogP contribution in [0.1, 0.15) is 136 Å². The highest BCUT2D eigenvalue weighted by Crippen LogP contribution is 2.20. The molecular weight excluding hydrogens is 388 g/mol. The van der Waals surface area contributed by atoms with Crippen molar-refractivity contribution in [2.75, 3.05) is 27.1 Å². The molecule has 0 N–H and O–H groups in total. The van der Waals surface area contributed by atoms with E-state index in [1.807, 2.05) is 0 Å². The van der Waals surface area contributed by atoms with Crippen LogP contribution >= 0.6 is 0 Å². The van der Waals surface area contributed by atoms with E-state index in [9.17, 15) is 0 Å². The van der Waals surface area contributed by atoms with Gasteiger partial charge in [0, 0.05) is 13.5 Å². The van der Waals surface area contributed by atoms with Crippen molar-refractivity contribution in [3.63, 3.8) is 0 Å². The molecule has 0 aromatic rings. The van der Waals surface area contributed by atoms with Crippen molar-refractivity contribution in [1.82, 2.24) is 0 Å². The molecule has 4 nitrogen and oxygen atoms in total. The standard InChI is InChI=1S/C27H54O4/c1-5-8-11-14-17-20-23-29-26(22-19-16-13-10-7-3)27(31-25-28-4)30-24-21-18-15-12-9-6-2/h5-25H2,1-4H3. The fourth-order valence-corrected chi connectivity index (χ4v) is 3.56. The summed E-state index contributed by atoms with van der Waals surface area (Å²) < 4.78 is 23.2. The number of methoxy groups -OCH3 is 1. The first kappa shape index (κ1) is 30.1. The normalized spacial score (nSPS) is 12.0. The Labute approximate surface area is 194 Å². The van der Waals surface area contributed by atoms with Gasteiger partial charge in [-0.2, -0.15) is 0 Å². The zero-order chi connectivity index (χ0) is 22.8. The molecule has 0 rings (SSSR count). The van der Waals surface area contributed by atoms with Crippen molar-refractivity contribution in [2.45, 2.75) is 136 Å². The van der Waals surface area contributed by atoms with Crippen LogP contribution in [0.4, 0.5) is 0 Å². The molecule has 0 saturated carbocycles. The van der Waals surface area contributed by atoms with E-state index in [2.05, 4.69) is 20.8 Å². The number of allylic oxidation sites excluding steroid dienone is 1. The van der Waals surface area contributed by atoms with E-state index in [0.717, 1.165) is 38.0 Å². The zero-order valence-electron chi connectivity index (χ0n) is 21.5. The van der Waals surface area contributed by atoms with Gasteiger partial charge in [-0.3, -0.25) is 0 Å². The lowest BCUT2D eigenvalue weighted by Crippen LogP contribution is -2.09. The minimum absolute atomic E-state index is 0.200. The van der Waals surface area contributed by atoms with Gasteiger partial charge in [-0.25, -0.2) is 0 Å². The highest BCUT2D eigenvalue weighted by molar-refractivity contribution is 4.95. The van der Waals surface area contributed by atoms with Crippen molar-refractivity contribution in [3.8, 4) is 0 Å². The number of hydrogen-bond acceptors (Lipinski definition) is 4. The Bertz CT molecular complexity index is 381. The van der Waals surface area contributed by atoms with Crippen LogP contribution in [0.3, 0.4) is 0 Å². The Balaban J connectivity index is 4.61. The Morgan fingerprint density at radius 2 is 0.935 bits per heavy atom. The van der Waals surface area contributed by atoms with Crippen LogP contribution in [0.25, 0.3) is 0 Å².